The van der Waals surface area contributed by atoms with Crippen LogP contribution in [0.15, 0.2) is 78.9 Å². The molecule has 1 atom stereocenters. The number of nitrogens with two attached hydrogens (primary N) is 1. The first kappa shape index (κ1) is 21.1. The summed E-state index contributed by atoms with van der Waals surface area (Å²) in [6, 6.07) is 20.0. The van der Waals surface area contributed by atoms with Gasteiger partial charge in [-0.3, -0.25) is 9.59 Å². The van der Waals surface area contributed by atoms with Gasteiger partial charge in [-0.25, -0.2) is 0 Å². The molecule has 0 aliphatic heterocycles. The predicted octanol–water partition coefficient (Wildman–Crippen LogP) is 4.20. The number of primary amides is 1. The van der Waals surface area contributed by atoms with E-state index < -0.39 is 29.6 Å². The van der Waals surface area contributed by atoms with Crippen molar-refractivity contribution in [2.24, 2.45) is 5.73 Å². The summed E-state index contributed by atoms with van der Waals surface area (Å²) in [7, 11) is 0. The second-order valence-electron chi connectivity index (χ2n) is 6.77. The number of hydrogen-bond donors (Lipinski definition) is 2. The number of alkyl halides is 3. The number of carbonyl (C=O) groups excluding carboxylic acids is 2. The zero-order valence-corrected chi connectivity index (χ0v) is 15.8. The minimum Gasteiger partial charge on any atom is -0.368 e. The molecule has 0 spiro atoms. The molecule has 3 rings (SSSR count). The van der Waals surface area contributed by atoms with Crippen molar-refractivity contribution in [3.8, 4) is 11.1 Å². The molecule has 3 N–H and O–H groups in total. The lowest BCUT2D eigenvalue weighted by atomic mass is 10.00. The smallest absolute Gasteiger partial charge is 0.368 e. The summed E-state index contributed by atoms with van der Waals surface area (Å²) in [5.74, 6) is -1.58. The fourth-order valence-corrected chi connectivity index (χ4v) is 3.00. The highest BCUT2D eigenvalue weighted by atomic mass is 19.4. The molecular weight excluding hydrogens is 393 g/mol. The van der Waals surface area contributed by atoms with E-state index in [9.17, 15) is 22.8 Å². The highest BCUT2D eigenvalue weighted by Crippen LogP contribution is 2.29. The third-order valence-electron chi connectivity index (χ3n) is 4.60. The van der Waals surface area contributed by atoms with E-state index in [2.05, 4.69) is 5.32 Å². The van der Waals surface area contributed by atoms with Crippen LogP contribution in [0.2, 0.25) is 0 Å². The molecule has 3 aromatic carbocycles. The Kier molecular flexibility index (Phi) is 6.20. The molecule has 30 heavy (non-hydrogen) atoms. The minimum atomic E-state index is -4.57. The quantitative estimate of drug-likeness (QED) is 0.637. The van der Waals surface area contributed by atoms with E-state index in [1.165, 1.54) is 6.07 Å². The maximum absolute atomic E-state index is 12.9. The molecule has 0 unspecified atom stereocenters. The Morgan fingerprint density at radius 2 is 1.50 bits per heavy atom. The molecule has 3 aromatic rings. The Morgan fingerprint density at radius 1 is 0.867 bits per heavy atom. The van der Waals surface area contributed by atoms with Crippen LogP contribution >= 0.6 is 0 Å². The van der Waals surface area contributed by atoms with E-state index in [-0.39, 0.29) is 12.0 Å². The average molecular weight is 412 g/mol. The maximum Gasteiger partial charge on any atom is 0.416 e. The van der Waals surface area contributed by atoms with E-state index in [1.54, 1.807) is 0 Å². The first-order valence-corrected chi connectivity index (χ1v) is 9.16. The monoisotopic (exact) mass is 412 g/mol. The van der Waals surface area contributed by atoms with Crippen LogP contribution in [0.1, 0.15) is 21.5 Å². The molecule has 0 aromatic heterocycles. The first-order valence-electron chi connectivity index (χ1n) is 9.16. The van der Waals surface area contributed by atoms with Gasteiger partial charge in [-0.2, -0.15) is 13.2 Å². The molecule has 0 aliphatic rings. The highest BCUT2D eigenvalue weighted by Gasteiger charge is 2.31. The highest BCUT2D eigenvalue weighted by molar-refractivity contribution is 5.97. The second-order valence-corrected chi connectivity index (χ2v) is 6.77. The van der Waals surface area contributed by atoms with Crippen molar-refractivity contribution < 1.29 is 22.8 Å². The van der Waals surface area contributed by atoms with Crippen LogP contribution in [0.5, 0.6) is 0 Å². The van der Waals surface area contributed by atoms with Gasteiger partial charge in [0.25, 0.3) is 5.91 Å². The SMILES string of the molecule is NC(=O)[C@@H](Cc1ccc(-c2ccccc2)cc1)NC(=O)c1cccc(C(F)(F)F)c1. The largest absolute Gasteiger partial charge is 0.416 e. The van der Waals surface area contributed by atoms with Crippen molar-refractivity contribution in [3.05, 3.63) is 95.6 Å². The lowest BCUT2D eigenvalue weighted by Crippen LogP contribution is -2.45. The van der Waals surface area contributed by atoms with Crippen LogP contribution in [-0.4, -0.2) is 17.9 Å². The Labute approximate surface area is 171 Å². The number of hydrogen-bond acceptors (Lipinski definition) is 2. The van der Waals surface area contributed by atoms with Crippen molar-refractivity contribution in [2.45, 2.75) is 18.6 Å². The summed E-state index contributed by atoms with van der Waals surface area (Å²) in [6.07, 6.45) is -4.45. The summed E-state index contributed by atoms with van der Waals surface area (Å²) in [4.78, 5) is 24.2. The molecule has 0 aliphatic carbocycles. The van der Waals surface area contributed by atoms with Gasteiger partial charge in [0.1, 0.15) is 6.04 Å². The standard InChI is InChI=1S/C23H19F3N2O2/c24-23(25,26)19-8-4-7-18(14-19)22(30)28-20(21(27)29)13-15-9-11-17(12-10-15)16-5-2-1-3-6-16/h1-12,14,20H,13H2,(H2,27,29)(H,28,30)/t20-/m1/s1. The van der Waals surface area contributed by atoms with Crippen LogP contribution in [-0.2, 0) is 17.4 Å². The van der Waals surface area contributed by atoms with Crippen molar-refractivity contribution in [2.75, 3.05) is 0 Å². The number of benzene rings is 3. The molecule has 0 bridgehead atoms. The van der Waals surface area contributed by atoms with Gasteiger partial charge in [-0.05, 0) is 34.9 Å². The Bertz CT molecular complexity index is 1030. The zero-order valence-electron chi connectivity index (χ0n) is 15.8. The van der Waals surface area contributed by atoms with Crippen molar-refractivity contribution in [1.82, 2.24) is 5.32 Å². The number of carbonyl (C=O) groups is 2. The molecule has 0 heterocycles. The van der Waals surface area contributed by atoms with Crippen LogP contribution in [0, 0.1) is 0 Å². The van der Waals surface area contributed by atoms with Crippen LogP contribution in [0.4, 0.5) is 13.2 Å². The van der Waals surface area contributed by atoms with Gasteiger partial charge >= 0.3 is 6.18 Å². The van der Waals surface area contributed by atoms with Gasteiger partial charge in [0.2, 0.25) is 5.91 Å². The van der Waals surface area contributed by atoms with Gasteiger partial charge in [-0.1, -0.05) is 60.7 Å². The molecular formula is C23H19F3N2O2. The zero-order chi connectivity index (χ0) is 21.7. The van der Waals surface area contributed by atoms with Crippen molar-refractivity contribution in [1.29, 1.82) is 0 Å². The maximum atomic E-state index is 12.9. The number of rotatable bonds is 6. The predicted molar refractivity (Wildman–Crippen MR) is 107 cm³/mol. The van der Waals surface area contributed by atoms with Crippen LogP contribution in [0.3, 0.4) is 0 Å². The fourth-order valence-electron chi connectivity index (χ4n) is 3.00. The second kappa shape index (κ2) is 8.82. The number of nitrogens with one attached hydrogen (secondary N) is 1. The first-order chi connectivity index (χ1) is 14.2. The summed E-state index contributed by atoms with van der Waals surface area (Å²) >= 11 is 0. The van der Waals surface area contributed by atoms with Gasteiger partial charge in [0.05, 0.1) is 5.56 Å². The normalized spacial score (nSPS) is 12.2. The minimum absolute atomic E-state index is 0.120. The third-order valence-corrected chi connectivity index (χ3v) is 4.60. The lowest BCUT2D eigenvalue weighted by Gasteiger charge is -2.16. The molecule has 0 saturated heterocycles. The molecule has 0 radical (unpaired) electrons. The van der Waals surface area contributed by atoms with Gasteiger partial charge in [0.15, 0.2) is 0 Å². The fraction of sp³-hybridized carbons (Fsp3) is 0.130. The summed E-state index contributed by atoms with van der Waals surface area (Å²) < 4.78 is 38.6. The molecule has 4 nitrogen and oxygen atoms in total. The van der Waals surface area contributed by atoms with Gasteiger partial charge in [0, 0.05) is 12.0 Å². The Hall–Kier alpha value is -3.61. The van der Waals surface area contributed by atoms with Crippen LogP contribution < -0.4 is 11.1 Å². The average Bonchev–Trinajstić information content (AvgIpc) is 2.74. The van der Waals surface area contributed by atoms with E-state index in [0.29, 0.717) is 0 Å². The van der Waals surface area contributed by atoms with E-state index in [1.807, 2.05) is 54.6 Å². The molecule has 2 amide bonds. The lowest BCUT2D eigenvalue weighted by molar-refractivity contribution is -0.137. The summed E-state index contributed by atoms with van der Waals surface area (Å²) in [5.41, 5.74) is 7.03. The molecule has 0 saturated carbocycles. The van der Waals surface area contributed by atoms with E-state index >= 15 is 0 Å². The Morgan fingerprint density at radius 3 is 2.10 bits per heavy atom. The van der Waals surface area contributed by atoms with Gasteiger partial charge < -0.3 is 11.1 Å². The van der Waals surface area contributed by atoms with Gasteiger partial charge in [-0.15, -0.1) is 0 Å². The topological polar surface area (TPSA) is 72.2 Å². The van der Waals surface area contributed by atoms with Crippen LogP contribution in [0.25, 0.3) is 11.1 Å². The molecule has 0 fully saturated rings. The van der Waals surface area contributed by atoms with E-state index in [0.717, 1.165) is 34.9 Å². The summed E-state index contributed by atoms with van der Waals surface area (Å²) in [6.45, 7) is 0. The number of amides is 2. The van der Waals surface area contributed by atoms with Crippen molar-refractivity contribution in [3.63, 3.8) is 0 Å². The van der Waals surface area contributed by atoms with E-state index in [4.69, 9.17) is 5.73 Å². The molecule has 154 valence electrons. The number of halogens is 3. The van der Waals surface area contributed by atoms with Crippen molar-refractivity contribution >= 4 is 11.8 Å². The Balaban J connectivity index is 1.72. The summed E-state index contributed by atoms with van der Waals surface area (Å²) in [5, 5.41) is 2.43. The molecule has 7 heteroatoms. The third kappa shape index (κ3) is 5.26.